The number of benzene rings is 3. The van der Waals surface area contributed by atoms with E-state index in [0.29, 0.717) is 29.1 Å². The van der Waals surface area contributed by atoms with Gasteiger partial charge in [0.2, 0.25) is 6.29 Å². The number of amides is 1. The lowest BCUT2D eigenvalue weighted by molar-refractivity contribution is -0.352. The van der Waals surface area contributed by atoms with Crippen LogP contribution in [0.25, 0.3) is 21.7 Å². The number of hydrogen-bond acceptors (Lipinski definition) is 14. The Bertz CT molecular complexity index is 2010. The SMILES string of the molecule is C[C@@H](Cl)[C@@H]1CN(C(=O)c2cc3cc(OCCN(C)C)ccc3[nH]2)c2cc(O[C@H]3O[C@H](CO)[C@@H](O[C@@H]4O[C@H](CO)[C@@H](O)[C@H](O)[C@H]4O)[C@H](O)[C@H]3O)c3ccccc3c21. The zero-order valence-corrected chi connectivity index (χ0v) is 31.8. The Morgan fingerprint density at radius 3 is 2.30 bits per heavy atom. The highest BCUT2D eigenvalue weighted by atomic mass is 35.5. The number of nitrogens with zero attached hydrogens (tertiary/aromatic N) is 2. The maximum atomic E-state index is 14.4. The second-order valence-electron chi connectivity index (χ2n) is 14.8. The zero-order valence-electron chi connectivity index (χ0n) is 31.0. The van der Waals surface area contributed by atoms with Gasteiger partial charge in [-0.15, -0.1) is 11.6 Å². The van der Waals surface area contributed by atoms with Gasteiger partial charge in [0.05, 0.1) is 18.9 Å². The van der Waals surface area contributed by atoms with Gasteiger partial charge in [-0.2, -0.15) is 0 Å². The van der Waals surface area contributed by atoms with E-state index in [0.717, 1.165) is 28.4 Å². The van der Waals surface area contributed by atoms with Crippen LogP contribution in [0.2, 0.25) is 0 Å². The van der Waals surface area contributed by atoms with Crippen LogP contribution in [0.1, 0.15) is 28.9 Å². The maximum Gasteiger partial charge on any atom is 0.274 e. The van der Waals surface area contributed by atoms with E-state index in [2.05, 4.69) is 4.98 Å². The molecule has 0 aliphatic carbocycles. The molecule has 3 aromatic carbocycles. The molecule has 4 heterocycles. The number of halogens is 1. The summed E-state index contributed by atoms with van der Waals surface area (Å²) in [6.07, 6.45) is -16.2. The van der Waals surface area contributed by atoms with Gasteiger partial charge in [-0.3, -0.25) is 4.79 Å². The first-order valence-corrected chi connectivity index (χ1v) is 18.9. The van der Waals surface area contributed by atoms with Gasteiger partial charge in [0.1, 0.15) is 72.6 Å². The van der Waals surface area contributed by atoms with Crippen LogP contribution >= 0.6 is 11.6 Å². The molecule has 2 saturated heterocycles. The molecule has 1 amide bonds. The molecule has 4 aromatic rings. The van der Waals surface area contributed by atoms with Crippen molar-refractivity contribution in [3.05, 3.63) is 65.9 Å². The van der Waals surface area contributed by atoms with E-state index in [9.17, 15) is 40.5 Å². The Balaban J connectivity index is 1.17. The predicted molar refractivity (Wildman–Crippen MR) is 203 cm³/mol. The Morgan fingerprint density at radius 1 is 0.911 bits per heavy atom. The van der Waals surface area contributed by atoms with E-state index in [4.69, 9.17) is 35.3 Å². The zero-order chi connectivity index (χ0) is 40.0. The molecular formula is C39H48ClN3O13. The molecule has 12 atom stereocenters. The van der Waals surface area contributed by atoms with Crippen molar-refractivity contribution in [1.29, 1.82) is 0 Å². The predicted octanol–water partition coefficient (Wildman–Crippen LogP) is 0.636. The van der Waals surface area contributed by atoms with Gasteiger partial charge in [-0.05, 0) is 56.2 Å². The number of ether oxygens (including phenoxy) is 5. The smallest absolute Gasteiger partial charge is 0.274 e. The van der Waals surface area contributed by atoms with Crippen LogP contribution in [0.15, 0.2) is 54.6 Å². The van der Waals surface area contributed by atoms with Gasteiger partial charge >= 0.3 is 0 Å². The van der Waals surface area contributed by atoms with Crippen molar-refractivity contribution in [2.75, 3.05) is 51.9 Å². The lowest BCUT2D eigenvalue weighted by Gasteiger charge is -2.45. The molecule has 0 unspecified atom stereocenters. The number of aromatic nitrogens is 1. The molecule has 2 fully saturated rings. The minimum Gasteiger partial charge on any atom is -0.492 e. The summed E-state index contributed by atoms with van der Waals surface area (Å²) in [4.78, 5) is 21.2. The van der Waals surface area contributed by atoms with Crippen molar-refractivity contribution in [3.8, 4) is 11.5 Å². The van der Waals surface area contributed by atoms with E-state index >= 15 is 0 Å². The lowest BCUT2D eigenvalue weighted by Crippen LogP contribution is -2.65. The first kappa shape index (κ1) is 40.6. The number of alkyl halides is 1. The lowest BCUT2D eigenvalue weighted by atomic mass is 9.92. The molecule has 56 heavy (non-hydrogen) atoms. The molecule has 1 aromatic heterocycles. The molecule has 8 N–H and O–H groups in total. The van der Waals surface area contributed by atoms with E-state index in [1.54, 1.807) is 23.1 Å². The Morgan fingerprint density at radius 2 is 1.61 bits per heavy atom. The Labute approximate surface area is 327 Å². The number of nitrogens with one attached hydrogen (secondary N) is 1. The average molecular weight is 802 g/mol. The van der Waals surface area contributed by atoms with E-state index in [1.165, 1.54) is 0 Å². The summed E-state index contributed by atoms with van der Waals surface area (Å²) in [5, 5.41) is 75.1. The number of rotatable bonds is 12. The van der Waals surface area contributed by atoms with E-state index < -0.39 is 74.6 Å². The maximum absolute atomic E-state index is 14.4. The van der Waals surface area contributed by atoms with Crippen molar-refractivity contribution in [3.63, 3.8) is 0 Å². The monoisotopic (exact) mass is 801 g/mol. The molecule has 0 saturated carbocycles. The van der Waals surface area contributed by atoms with Crippen LogP contribution < -0.4 is 14.4 Å². The first-order chi connectivity index (χ1) is 26.8. The standard InChI is InChI=1S/C39H48ClN3O13/c1-18(40)23-15-43(37(51)25-13-19-12-20(8-9-24(19)41-25)52-11-10-42(2)3)26-14-27(21-6-4-5-7-22(21)30(23)26)53-38-35(50)33(48)36(29(17-45)55-38)56-39-34(49)32(47)31(46)28(16-44)54-39/h4-9,12-14,18,23,28-29,31-36,38-39,41,44-50H,10-11,15-17H2,1-3H3/t18-,23+,28-,29-,31-,32+,33-,34-,35-,36-,38+,39+/m1/s1. The third kappa shape index (κ3) is 7.69. The largest absolute Gasteiger partial charge is 0.492 e. The topological polar surface area (TPSA) is 227 Å². The number of aliphatic hydroxyl groups is 7. The Kier molecular flexibility index (Phi) is 12.1. The quantitative estimate of drug-likeness (QED) is 0.0921. The van der Waals surface area contributed by atoms with E-state index in [1.807, 2.05) is 62.3 Å². The highest BCUT2D eigenvalue weighted by Gasteiger charge is 2.51. The summed E-state index contributed by atoms with van der Waals surface area (Å²) < 4.78 is 29.2. The van der Waals surface area contributed by atoms with Crippen LogP contribution in [0.3, 0.4) is 0 Å². The van der Waals surface area contributed by atoms with Gasteiger partial charge in [-0.25, -0.2) is 0 Å². The van der Waals surface area contributed by atoms with Crippen molar-refractivity contribution in [2.45, 2.75) is 79.6 Å². The number of carbonyl (C=O) groups is 1. The second kappa shape index (κ2) is 16.7. The molecule has 0 radical (unpaired) electrons. The molecule has 17 heteroatoms. The van der Waals surface area contributed by atoms with Gasteiger partial charge in [0, 0.05) is 46.7 Å². The number of carbonyl (C=O) groups excluding carboxylic acids is 1. The van der Waals surface area contributed by atoms with E-state index in [-0.39, 0.29) is 29.5 Å². The molecule has 0 spiro atoms. The molecule has 7 rings (SSSR count). The third-order valence-electron chi connectivity index (χ3n) is 10.7. The molecule has 3 aliphatic heterocycles. The van der Waals surface area contributed by atoms with Gasteiger partial charge in [-0.1, -0.05) is 24.3 Å². The van der Waals surface area contributed by atoms with Crippen molar-refractivity contribution < 1.29 is 64.2 Å². The average Bonchev–Trinajstić information content (AvgIpc) is 3.79. The van der Waals surface area contributed by atoms with Crippen molar-refractivity contribution >= 4 is 44.9 Å². The molecule has 3 aliphatic rings. The van der Waals surface area contributed by atoms with Crippen molar-refractivity contribution in [2.24, 2.45) is 0 Å². The van der Waals surface area contributed by atoms with Crippen LogP contribution in [0, 0.1) is 0 Å². The molecular weight excluding hydrogens is 754 g/mol. The summed E-state index contributed by atoms with van der Waals surface area (Å²) in [7, 11) is 3.93. The number of aliphatic hydroxyl groups excluding tert-OH is 7. The second-order valence-corrected chi connectivity index (χ2v) is 15.4. The fraction of sp³-hybridized carbons (Fsp3) is 0.513. The summed E-state index contributed by atoms with van der Waals surface area (Å²) in [6.45, 7) is 1.95. The summed E-state index contributed by atoms with van der Waals surface area (Å²) in [6, 6.07) is 16.4. The van der Waals surface area contributed by atoms with Crippen LogP contribution in [-0.2, 0) is 14.2 Å². The minimum absolute atomic E-state index is 0.206. The number of hydrogen-bond donors (Lipinski definition) is 8. The Hall–Kier alpha value is -3.62. The van der Waals surface area contributed by atoms with Gasteiger partial charge < -0.3 is 74.2 Å². The fourth-order valence-electron chi connectivity index (χ4n) is 7.60. The summed E-state index contributed by atoms with van der Waals surface area (Å²) >= 11 is 6.78. The van der Waals surface area contributed by atoms with Gasteiger partial charge in [0.15, 0.2) is 6.29 Å². The number of likely N-dealkylation sites (N-methyl/N-ethyl adjacent to an activating group) is 1. The fourth-order valence-corrected chi connectivity index (χ4v) is 7.81. The van der Waals surface area contributed by atoms with Gasteiger partial charge in [0.25, 0.3) is 5.91 Å². The highest BCUT2D eigenvalue weighted by molar-refractivity contribution is 6.22. The minimum atomic E-state index is -1.80. The van der Waals surface area contributed by atoms with Crippen molar-refractivity contribution in [1.82, 2.24) is 9.88 Å². The van der Waals surface area contributed by atoms with Crippen LogP contribution in [0.5, 0.6) is 11.5 Å². The molecule has 16 nitrogen and oxygen atoms in total. The van der Waals surface area contributed by atoms with Crippen LogP contribution in [0.4, 0.5) is 5.69 Å². The summed E-state index contributed by atoms with van der Waals surface area (Å²) in [5.74, 6) is 0.322. The normalized spacial score (nSPS) is 31.2. The summed E-state index contributed by atoms with van der Waals surface area (Å²) in [5.41, 5.74) is 2.47. The molecule has 304 valence electrons. The van der Waals surface area contributed by atoms with Crippen LogP contribution in [-0.4, -0.2) is 165 Å². The number of aromatic amines is 1. The first-order valence-electron chi connectivity index (χ1n) is 18.5. The number of anilines is 1. The number of fused-ring (bicyclic) bond motifs is 4. The third-order valence-corrected chi connectivity index (χ3v) is 11.0. The highest BCUT2D eigenvalue weighted by Crippen LogP contribution is 2.48. The molecule has 0 bridgehead atoms. The number of H-pyrrole nitrogens is 1.